The van der Waals surface area contributed by atoms with Crippen molar-refractivity contribution in [3.05, 3.63) is 35.9 Å². The van der Waals surface area contributed by atoms with Gasteiger partial charge in [0.25, 0.3) is 5.91 Å². The van der Waals surface area contributed by atoms with E-state index in [1.54, 1.807) is 0 Å². The summed E-state index contributed by atoms with van der Waals surface area (Å²) in [7, 11) is 0. The maximum absolute atomic E-state index is 13.7. The van der Waals surface area contributed by atoms with E-state index in [0.717, 1.165) is 37.8 Å². The fourth-order valence-electron chi connectivity index (χ4n) is 5.17. The van der Waals surface area contributed by atoms with Gasteiger partial charge >= 0.3 is 0 Å². The Morgan fingerprint density at radius 3 is 2.23 bits per heavy atom. The highest BCUT2D eigenvalue weighted by atomic mass is 16.2. The van der Waals surface area contributed by atoms with Crippen molar-refractivity contribution in [2.45, 2.75) is 116 Å². The molecule has 1 aromatic carbocycles. The minimum absolute atomic E-state index is 0.0457. The first kappa shape index (κ1) is 24.9. The van der Waals surface area contributed by atoms with Crippen LogP contribution in [0.4, 0.5) is 0 Å². The van der Waals surface area contributed by atoms with Gasteiger partial charge in [-0.15, -0.1) is 0 Å². The number of hydrogen-bond acceptors (Lipinski definition) is 2. The summed E-state index contributed by atoms with van der Waals surface area (Å²) in [5, 5.41) is 3.97. The molecular weight excluding hydrogens is 368 g/mol. The smallest absolute Gasteiger partial charge is 0.254 e. The maximum Gasteiger partial charge on any atom is 0.254 e. The Balaban J connectivity index is 2.25. The van der Waals surface area contributed by atoms with Gasteiger partial charge in [0, 0.05) is 29.2 Å². The molecule has 4 atom stereocenters. The molecule has 1 aromatic rings. The Labute approximate surface area is 186 Å². The SMILES string of the molecule is CCCCCCCCN(C(=O)c1ccccc1)C1CC(C)(CC)NC(C)(CC)C1C. The minimum atomic E-state index is 0.0457. The molecular formula is C27H46N2O. The third-order valence-electron chi connectivity index (χ3n) is 7.78. The fourth-order valence-corrected chi connectivity index (χ4v) is 5.17. The molecule has 1 aliphatic heterocycles. The molecule has 1 saturated heterocycles. The van der Waals surface area contributed by atoms with Crippen molar-refractivity contribution in [3.63, 3.8) is 0 Å². The number of amides is 1. The van der Waals surface area contributed by atoms with Crippen molar-refractivity contribution in [2.75, 3.05) is 6.54 Å². The van der Waals surface area contributed by atoms with E-state index in [1.165, 1.54) is 32.1 Å². The van der Waals surface area contributed by atoms with Crippen molar-refractivity contribution >= 4 is 5.91 Å². The molecule has 170 valence electrons. The Morgan fingerprint density at radius 1 is 1.00 bits per heavy atom. The van der Waals surface area contributed by atoms with E-state index >= 15 is 0 Å². The average molecular weight is 415 g/mol. The van der Waals surface area contributed by atoms with E-state index in [9.17, 15) is 4.79 Å². The molecule has 2 rings (SSSR count). The largest absolute Gasteiger partial charge is 0.335 e. The van der Waals surface area contributed by atoms with Gasteiger partial charge in [0.15, 0.2) is 0 Å². The molecule has 1 N–H and O–H groups in total. The van der Waals surface area contributed by atoms with Crippen molar-refractivity contribution in [2.24, 2.45) is 5.92 Å². The molecule has 0 aromatic heterocycles. The maximum atomic E-state index is 13.7. The molecule has 0 saturated carbocycles. The topological polar surface area (TPSA) is 32.3 Å². The number of unbranched alkanes of at least 4 members (excludes halogenated alkanes) is 5. The Hall–Kier alpha value is -1.35. The summed E-state index contributed by atoms with van der Waals surface area (Å²) in [6, 6.07) is 10.2. The lowest BCUT2D eigenvalue weighted by atomic mass is 9.68. The summed E-state index contributed by atoms with van der Waals surface area (Å²) in [4.78, 5) is 15.9. The van der Waals surface area contributed by atoms with Gasteiger partial charge in [-0.05, 0) is 57.6 Å². The highest BCUT2D eigenvalue weighted by Gasteiger charge is 2.48. The number of benzene rings is 1. The second kappa shape index (κ2) is 11.3. The lowest BCUT2D eigenvalue weighted by Crippen LogP contribution is -2.69. The lowest BCUT2D eigenvalue weighted by molar-refractivity contribution is 0.00178. The van der Waals surface area contributed by atoms with E-state index in [1.807, 2.05) is 30.3 Å². The summed E-state index contributed by atoms with van der Waals surface area (Å²) >= 11 is 0. The first-order valence-electron chi connectivity index (χ1n) is 12.5. The highest BCUT2D eigenvalue weighted by molar-refractivity contribution is 5.94. The molecule has 1 aliphatic rings. The van der Waals surface area contributed by atoms with Gasteiger partial charge in [-0.3, -0.25) is 4.79 Å². The molecule has 0 bridgehead atoms. The van der Waals surface area contributed by atoms with Crippen LogP contribution in [0.3, 0.4) is 0 Å². The van der Waals surface area contributed by atoms with Crippen LogP contribution in [0.2, 0.25) is 0 Å². The molecule has 1 fully saturated rings. The van der Waals surface area contributed by atoms with Crippen LogP contribution in [-0.2, 0) is 0 Å². The third-order valence-corrected chi connectivity index (χ3v) is 7.78. The van der Waals surface area contributed by atoms with Crippen LogP contribution >= 0.6 is 0 Å². The molecule has 3 heteroatoms. The zero-order chi connectivity index (χ0) is 22.2. The third kappa shape index (κ3) is 6.09. The second-order valence-electron chi connectivity index (χ2n) is 10.0. The van der Waals surface area contributed by atoms with E-state index in [4.69, 9.17) is 0 Å². The monoisotopic (exact) mass is 414 g/mol. The Kier molecular flexibility index (Phi) is 9.40. The Bertz CT molecular complexity index is 646. The van der Waals surface area contributed by atoms with Crippen molar-refractivity contribution in [1.29, 1.82) is 0 Å². The van der Waals surface area contributed by atoms with Gasteiger partial charge in [-0.2, -0.15) is 0 Å². The molecule has 1 amide bonds. The zero-order valence-corrected chi connectivity index (χ0v) is 20.5. The molecule has 3 nitrogen and oxygen atoms in total. The molecule has 1 heterocycles. The lowest BCUT2D eigenvalue weighted by Gasteiger charge is -2.56. The van der Waals surface area contributed by atoms with Crippen LogP contribution in [0.25, 0.3) is 0 Å². The van der Waals surface area contributed by atoms with Gasteiger partial charge in [0.05, 0.1) is 0 Å². The molecule has 0 spiro atoms. The predicted octanol–water partition coefficient (Wildman–Crippen LogP) is 6.82. The van der Waals surface area contributed by atoms with E-state index in [0.29, 0.717) is 5.92 Å². The van der Waals surface area contributed by atoms with E-state index in [-0.39, 0.29) is 23.0 Å². The molecule has 0 aliphatic carbocycles. The minimum Gasteiger partial charge on any atom is -0.335 e. The van der Waals surface area contributed by atoms with Gasteiger partial charge in [-0.25, -0.2) is 0 Å². The zero-order valence-electron chi connectivity index (χ0n) is 20.5. The van der Waals surface area contributed by atoms with Gasteiger partial charge in [0.1, 0.15) is 0 Å². The summed E-state index contributed by atoms with van der Waals surface area (Å²) in [5.41, 5.74) is 0.938. The summed E-state index contributed by atoms with van der Waals surface area (Å²) in [5.74, 6) is 0.620. The van der Waals surface area contributed by atoms with Crippen molar-refractivity contribution in [3.8, 4) is 0 Å². The second-order valence-corrected chi connectivity index (χ2v) is 10.0. The first-order valence-corrected chi connectivity index (χ1v) is 12.5. The van der Waals surface area contributed by atoms with Crippen molar-refractivity contribution in [1.82, 2.24) is 10.2 Å². The van der Waals surface area contributed by atoms with Crippen LogP contribution in [0.5, 0.6) is 0 Å². The van der Waals surface area contributed by atoms with E-state index in [2.05, 4.69) is 51.8 Å². The average Bonchev–Trinajstić information content (AvgIpc) is 2.76. The van der Waals surface area contributed by atoms with Crippen molar-refractivity contribution < 1.29 is 4.79 Å². The molecule has 0 radical (unpaired) electrons. The van der Waals surface area contributed by atoms with Gasteiger partial charge in [0.2, 0.25) is 0 Å². The summed E-state index contributed by atoms with van der Waals surface area (Å²) in [6.45, 7) is 14.7. The standard InChI is InChI=1S/C27H46N2O/c1-7-10-11-12-13-17-20-29(25(30)23-18-15-14-16-19-23)24-21-26(5,8-2)28-27(6,9-3)22(24)4/h14-16,18-19,22,24,28H,7-13,17,20-21H2,1-6H3. The quantitative estimate of drug-likeness (QED) is 0.403. The van der Waals surface area contributed by atoms with Crippen LogP contribution in [0, 0.1) is 5.92 Å². The molecule has 30 heavy (non-hydrogen) atoms. The van der Waals surface area contributed by atoms with E-state index < -0.39 is 0 Å². The van der Waals surface area contributed by atoms with Crippen LogP contribution in [0.15, 0.2) is 30.3 Å². The number of nitrogens with one attached hydrogen (secondary N) is 1. The van der Waals surface area contributed by atoms with Gasteiger partial charge < -0.3 is 10.2 Å². The van der Waals surface area contributed by atoms with Gasteiger partial charge in [-0.1, -0.05) is 78.0 Å². The van der Waals surface area contributed by atoms with Crippen LogP contribution < -0.4 is 5.32 Å². The first-order chi connectivity index (χ1) is 14.3. The number of hydrogen-bond donors (Lipinski definition) is 1. The number of rotatable bonds is 11. The number of nitrogens with zero attached hydrogens (tertiary/aromatic N) is 1. The molecule has 4 unspecified atom stereocenters. The fraction of sp³-hybridized carbons (Fsp3) is 0.741. The van der Waals surface area contributed by atoms with Crippen LogP contribution in [0.1, 0.15) is 110 Å². The number of carbonyl (C=O) groups is 1. The highest BCUT2D eigenvalue weighted by Crippen LogP contribution is 2.40. The Morgan fingerprint density at radius 2 is 1.63 bits per heavy atom. The summed E-state index contributed by atoms with van der Waals surface area (Å²) < 4.78 is 0. The number of carbonyl (C=O) groups excluding carboxylic acids is 1. The number of piperidine rings is 1. The van der Waals surface area contributed by atoms with Crippen LogP contribution in [-0.4, -0.2) is 34.5 Å². The predicted molar refractivity (Wildman–Crippen MR) is 129 cm³/mol. The normalized spacial score (nSPS) is 29.0. The summed E-state index contributed by atoms with van der Waals surface area (Å²) in [6.07, 6.45) is 10.7.